The van der Waals surface area contributed by atoms with Gasteiger partial charge in [-0.05, 0) is 18.8 Å². The predicted molar refractivity (Wildman–Crippen MR) is 55.1 cm³/mol. The molecule has 1 fully saturated rings. The van der Waals surface area contributed by atoms with Gasteiger partial charge in [0.25, 0.3) is 0 Å². The van der Waals surface area contributed by atoms with Crippen molar-refractivity contribution in [3.63, 3.8) is 0 Å². The Balaban J connectivity index is 2.58. The van der Waals surface area contributed by atoms with Crippen LogP contribution >= 0.6 is 0 Å². The number of hydrogen-bond donors (Lipinski definition) is 1. The summed E-state index contributed by atoms with van der Waals surface area (Å²) < 4.78 is 55.5. The number of carboxylic acid groups (broad SMARTS) is 1. The zero-order valence-electron chi connectivity index (χ0n) is 10.0. The highest BCUT2D eigenvalue weighted by molar-refractivity contribution is 5.89. The molecule has 0 unspecified atom stereocenters. The van der Waals surface area contributed by atoms with Gasteiger partial charge in [-0.1, -0.05) is 19.3 Å². The molecule has 1 N–H and O–H groups in total. The lowest BCUT2D eigenvalue weighted by Crippen LogP contribution is -2.53. The highest BCUT2D eigenvalue weighted by Gasteiger charge is 2.68. The van der Waals surface area contributed by atoms with E-state index in [1.54, 1.807) is 0 Å². The van der Waals surface area contributed by atoms with Crippen LogP contribution in [0.3, 0.4) is 0 Å². The molecule has 0 bridgehead atoms. The minimum absolute atomic E-state index is 0.132. The second-order valence-electron chi connectivity index (χ2n) is 4.56. The number of carbonyl (C=O) groups excluding carboxylic acids is 1. The molecular formula is C11H14F4O4. The summed E-state index contributed by atoms with van der Waals surface area (Å²) in [6, 6.07) is 0. The number of hydrogen-bond acceptors (Lipinski definition) is 3. The van der Waals surface area contributed by atoms with Crippen molar-refractivity contribution in [3.05, 3.63) is 0 Å². The molecule has 0 spiro atoms. The summed E-state index contributed by atoms with van der Waals surface area (Å²) in [5, 5.41) is 8.00. The second kappa shape index (κ2) is 5.75. The molecule has 110 valence electrons. The van der Waals surface area contributed by atoms with Crippen molar-refractivity contribution in [3.8, 4) is 0 Å². The second-order valence-corrected chi connectivity index (χ2v) is 4.56. The molecule has 0 amide bonds. The number of halogens is 4. The van der Waals surface area contributed by atoms with E-state index in [9.17, 15) is 27.2 Å². The van der Waals surface area contributed by atoms with Crippen molar-refractivity contribution in [2.75, 3.05) is 6.61 Å². The van der Waals surface area contributed by atoms with Gasteiger partial charge in [-0.15, -0.1) is 0 Å². The fourth-order valence-electron chi connectivity index (χ4n) is 1.90. The van der Waals surface area contributed by atoms with E-state index in [4.69, 9.17) is 5.11 Å². The van der Waals surface area contributed by atoms with Gasteiger partial charge in [-0.3, -0.25) is 0 Å². The van der Waals surface area contributed by atoms with Crippen LogP contribution in [0, 0.1) is 5.92 Å². The molecule has 1 rings (SSSR count). The van der Waals surface area contributed by atoms with Crippen molar-refractivity contribution in [1.29, 1.82) is 0 Å². The maximum atomic E-state index is 13.0. The Morgan fingerprint density at radius 2 is 1.58 bits per heavy atom. The molecule has 0 aromatic heterocycles. The lowest BCUT2D eigenvalue weighted by Gasteiger charge is -2.24. The van der Waals surface area contributed by atoms with Crippen LogP contribution in [-0.2, 0) is 14.3 Å². The van der Waals surface area contributed by atoms with E-state index in [-0.39, 0.29) is 12.5 Å². The van der Waals surface area contributed by atoms with E-state index in [0.717, 1.165) is 19.3 Å². The minimum Gasteiger partial charge on any atom is -0.477 e. The van der Waals surface area contributed by atoms with Crippen molar-refractivity contribution < 1.29 is 37.0 Å². The van der Waals surface area contributed by atoms with Gasteiger partial charge < -0.3 is 9.84 Å². The van der Waals surface area contributed by atoms with E-state index in [1.165, 1.54) is 0 Å². The van der Waals surface area contributed by atoms with Crippen LogP contribution in [0.5, 0.6) is 0 Å². The summed E-state index contributed by atoms with van der Waals surface area (Å²) >= 11 is 0. The van der Waals surface area contributed by atoms with Gasteiger partial charge in [0.05, 0.1) is 6.61 Å². The third kappa shape index (κ3) is 3.36. The third-order valence-electron chi connectivity index (χ3n) is 3.09. The lowest BCUT2D eigenvalue weighted by molar-refractivity contribution is -0.235. The number of rotatable bonds is 5. The SMILES string of the molecule is O=C(O)C(F)(F)C(F)(F)C(=O)OCC1CCCCC1. The molecule has 1 aliphatic rings. The van der Waals surface area contributed by atoms with Crippen molar-refractivity contribution in [1.82, 2.24) is 0 Å². The fourth-order valence-corrected chi connectivity index (χ4v) is 1.90. The van der Waals surface area contributed by atoms with Crippen molar-refractivity contribution in [2.45, 2.75) is 43.9 Å². The zero-order chi connectivity index (χ0) is 14.7. The minimum atomic E-state index is -5.48. The molecule has 19 heavy (non-hydrogen) atoms. The summed E-state index contributed by atoms with van der Waals surface area (Å²) in [5.41, 5.74) is 0. The highest BCUT2D eigenvalue weighted by Crippen LogP contribution is 2.36. The number of esters is 1. The molecule has 0 saturated heterocycles. The molecule has 0 aromatic rings. The summed E-state index contributed by atoms with van der Waals surface area (Å²) in [7, 11) is 0. The summed E-state index contributed by atoms with van der Waals surface area (Å²) in [5.74, 6) is -16.5. The molecule has 8 heteroatoms. The number of carboxylic acids is 1. The van der Waals surface area contributed by atoms with E-state index in [1.807, 2.05) is 0 Å². The Hall–Kier alpha value is -1.34. The monoisotopic (exact) mass is 286 g/mol. The van der Waals surface area contributed by atoms with Crippen LogP contribution in [0.1, 0.15) is 32.1 Å². The first-order valence-electron chi connectivity index (χ1n) is 5.86. The van der Waals surface area contributed by atoms with E-state index in [2.05, 4.69) is 4.74 Å². The first-order valence-corrected chi connectivity index (χ1v) is 5.86. The van der Waals surface area contributed by atoms with Crippen LogP contribution in [0.25, 0.3) is 0 Å². The number of carbonyl (C=O) groups is 2. The Morgan fingerprint density at radius 1 is 1.05 bits per heavy atom. The van der Waals surface area contributed by atoms with E-state index < -0.39 is 23.8 Å². The number of ether oxygens (including phenoxy) is 1. The van der Waals surface area contributed by atoms with E-state index in [0.29, 0.717) is 12.8 Å². The molecule has 0 atom stereocenters. The Morgan fingerprint density at radius 3 is 2.05 bits per heavy atom. The van der Waals surface area contributed by atoms with Gasteiger partial charge in [-0.2, -0.15) is 17.6 Å². The van der Waals surface area contributed by atoms with Gasteiger partial charge >= 0.3 is 23.8 Å². The highest BCUT2D eigenvalue weighted by atomic mass is 19.3. The zero-order valence-corrected chi connectivity index (χ0v) is 10.0. The molecular weight excluding hydrogens is 272 g/mol. The van der Waals surface area contributed by atoms with Gasteiger partial charge in [0.1, 0.15) is 0 Å². The van der Waals surface area contributed by atoms with Crippen molar-refractivity contribution in [2.24, 2.45) is 5.92 Å². The Bertz CT molecular complexity index is 351. The summed E-state index contributed by atoms with van der Waals surface area (Å²) in [6.45, 7) is -0.385. The maximum Gasteiger partial charge on any atom is 0.415 e. The first kappa shape index (κ1) is 15.7. The fraction of sp³-hybridized carbons (Fsp3) is 0.818. The number of aliphatic carboxylic acids is 1. The van der Waals surface area contributed by atoms with Crippen LogP contribution in [0.15, 0.2) is 0 Å². The van der Waals surface area contributed by atoms with Gasteiger partial charge in [0, 0.05) is 0 Å². The number of alkyl halides is 4. The average Bonchev–Trinajstić information content (AvgIpc) is 2.36. The Labute approximate surface area is 106 Å². The molecule has 1 aliphatic carbocycles. The normalized spacial score (nSPS) is 18.1. The van der Waals surface area contributed by atoms with Gasteiger partial charge in [0.2, 0.25) is 0 Å². The quantitative estimate of drug-likeness (QED) is 0.623. The molecule has 0 heterocycles. The molecule has 4 nitrogen and oxygen atoms in total. The summed E-state index contributed by atoms with van der Waals surface area (Å²) in [4.78, 5) is 21.0. The molecule has 0 radical (unpaired) electrons. The standard InChI is InChI=1S/C11H14F4O4/c12-10(13,8(16)17)11(14,15)9(18)19-6-7-4-2-1-3-5-7/h7H,1-6H2,(H,16,17). The third-order valence-corrected chi connectivity index (χ3v) is 3.09. The topological polar surface area (TPSA) is 63.6 Å². The maximum absolute atomic E-state index is 13.0. The molecule has 0 aromatic carbocycles. The van der Waals surface area contributed by atoms with Crippen LogP contribution in [-0.4, -0.2) is 35.5 Å². The van der Waals surface area contributed by atoms with Crippen LogP contribution < -0.4 is 0 Å². The molecule has 0 aliphatic heterocycles. The average molecular weight is 286 g/mol. The van der Waals surface area contributed by atoms with Crippen LogP contribution in [0.2, 0.25) is 0 Å². The Kier molecular flexibility index (Phi) is 4.75. The lowest BCUT2D eigenvalue weighted by atomic mass is 9.90. The van der Waals surface area contributed by atoms with Gasteiger partial charge in [-0.25, -0.2) is 9.59 Å². The van der Waals surface area contributed by atoms with Crippen LogP contribution in [0.4, 0.5) is 17.6 Å². The smallest absolute Gasteiger partial charge is 0.415 e. The largest absolute Gasteiger partial charge is 0.477 e. The van der Waals surface area contributed by atoms with Gasteiger partial charge in [0.15, 0.2) is 0 Å². The molecule has 1 saturated carbocycles. The van der Waals surface area contributed by atoms with Crippen molar-refractivity contribution >= 4 is 11.9 Å². The van der Waals surface area contributed by atoms with E-state index >= 15 is 0 Å². The summed E-state index contributed by atoms with van der Waals surface area (Å²) in [6.07, 6.45) is 4.08. The predicted octanol–water partition coefficient (Wildman–Crippen LogP) is 2.47. The first-order chi connectivity index (χ1) is 8.69.